The summed E-state index contributed by atoms with van der Waals surface area (Å²) >= 11 is 0. The van der Waals surface area contributed by atoms with E-state index < -0.39 is 0 Å². The maximum Gasteiger partial charge on any atom is 0.242 e. The van der Waals surface area contributed by atoms with Crippen molar-refractivity contribution >= 4 is 11.5 Å². The van der Waals surface area contributed by atoms with Crippen LogP contribution in [0.5, 0.6) is 5.88 Å². The Hall–Kier alpha value is -1.56. The third-order valence-electron chi connectivity index (χ3n) is 4.07. The first-order valence-corrected chi connectivity index (χ1v) is 7.72. The van der Waals surface area contributed by atoms with Gasteiger partial charge < -0.3 is 20.9 Å². The number of nitrogen functional groups attached to an aromatic ring is 1. The Kier molecular flexibility index (Phi) is 5.22. The molecule has 21 heavy (non-hydrogen) atoms. The molecule has 118 valence electrons. The lowest BCUT2D eigenvalue weighted by molar-refractivity contribution is 0.149. The lowest BCUT2D eigenvalue weighted by atomic mass is 9.77. The Morgan fingerprint density at radius 1 is 1.52 bits per heavy atom. The summed E-state index contributed by atoms with van der Waals surface area (Å²) in [6.45, 7) is 4.89. The van der Waals surface area contributed by atoms with Gasteiger partial charge in [-0.3, -0.25) is 0 Å². The molecule has 2 rings (SSSR count). The van der Waals surface area contributed by atoms with Gasteiger partial charge in [0.25, 0.3) is 0 Å². The van der Waals surface area contributed by atoms with Crippen molar-refractivity contribution in [3.05, 3.63) is 6.33 Å². The van der Waals surface area contributed by atoms with Crippen LogP contribution in [0.25, 0.3) is 0 Å². The number of aliphatic hydroxyl groups excluding tert-OH is 1. The summed E-state index contributed by atoms with van der Waals surface area (Å²) < 4.78 is 5.52. The highest BCUT2D eigenvalue weighted by atomic mass is 16.5. The fourth-order valence-corrected chi connectivity index (χ4v) is 3.00. The van der Waals surface area contributed by atoms with E-state index in [-0.39, 0.29) is 12.1 Å². The first-order valence-electron chi connectivity index (χ1n) is 7.72. The Labute approximate surface area is 126 Å². The van der Waals surface area contributed by atoms with Gasteiger partial charge in [-0.25, -0.2) is 4.98 Å². The number of nitrogens with one attached hydrogen (secondary N) is 1. The molecule has 0 radical (unpaired) electrons. The van der Waals surface area contributed by atoms with Crippen molar-refractivity contribution in [1.29, 1.82) is 0 Å². The summed E-state index contributed by atoms with van der Waals surface area (Å²) in [4.78, 5) is 8.29. The highest BCUT2D eigenvalue weighted by Crippen LogP contribution is 2.36. The third-order valence-corrected chi connectivity index (χ3v) is 4.07. The van der Waals surface area contributed by atoms with Crippen LogP contribution in [0.15, 0.2) is 6.33 Å². The van der Waals surface area contributed by atoms with Crippen LogP contribution >= 0.6 is 0 Å². The minimum absolute atomic E-state index is 0.0753. The molecule has 1 saturated carbocycles. The van der Waals surface area contributed by atoms with Gasteiger partial charge in [-0.2, -0.15) is 4.98 Å². The van der Waals surface area contributed by atoms with Gasteiger partial charge in [0.15, 0.2) is 5.82 Å². The number of hydrogen-bond donors (Lipinski definition) is 3. The number of anilines is 2. The summed E-state index contributed by atoms with van der Waals surface area (Å²) in [6, 6.07) is 0. The molecule has 1 fully saturated rings. The van der Waals surface area contributed by atoms with E-state index in [1.807, 2.05) is 6.92 Å². The van der Waals surface area contributed by atoms with Crippen molar-refractivity contribution in [2.75, 3.05) is 24.3 Å². The van der Waals surface area contributed by atoms with E-state index >= 15 is 0 Å². The quantitative estimate of drug-likeness (QED) is 0.744. The second-order valence-electron chi connectivity index (χ2n) is 6.05. The number of ether oxygens (including phenoxy) is 1. The molecule has 2 unspecified atom stereocenters. The Balaban J connectivity index is 2.17. The predicted octanol–water partition coefficient (Wildman–Crippen LogP) is 2.20. The normalized spacial score (nSPS) is 25.6. The van der Waals surface area contributed by atoms with Crippen LogP contribution in [0, 0.1) is 5.92 Å². The van der Waals surface area contributed by atoms with Gasteiger partial charge in [0.2, 0.25) is 5.88 Å². The Morgan fingerprint density at radius 3 is 3.00 bits per heavy atom. The van der Waals surface area contributed by atoms with Gasteiger partial charge in [0, 0.05) is 0 Å². The first kappa shape index (κ1) is 15.8. The van der Waals surface area contributed by atoms with Crippen molar-refractivity contribution in [1.82, 2.24) is 9.97 Å². The van der Waals surface area contributed by atoms with Gasteiger partial charge >= 0.3 is 0 Å². The van der Waals surface area contributed by atoms with Crippen LogP contribution in [-0.2, 0) is 0 Å². The van der Waals surface area contributed by atoms with Crippen molar-refractivity contribution < 1.29 is 9.84 Å². The van der Waals surface area contributed by atoms with E-state index in [0.717, 1.165) is 25.7 Å². The van der Waals surface area contributed by atoms with E-state index in [9.17, 15) is 5.11 Å². The van der Waals surface area contributed by atoms with Crippen LogP contribution in [-0.4, -0.2) is 33.8 Å². The summed E-state index contributed by atoms with van der Waals surface area (Å²) in [5, 5.41) is 13.2. The van der Waals surface area contributed by atoms with Crippen LogP contribution in [0.4, 0.5) is 11.5 Å². The first-order chi connectivity index (χ1) is 10.1. The fourth-order valence-electron chi connectivity index (χ4n) is 3.00. The topological polar surface area (TPSA) is 93.3 Å². The number of nitrogens with two attached hydrogens (primary N) is 1. The van der Waals surface area contributed by atoms with Gasteiger partial charge in [0.1, 0.15) is 12.0 Å². The summed E-state index contributed by atoms with van der Waals surface area (Å²) in [5.74, 6) is 1.54. The number of hydrogen-bond acceptors (Lipinski definition) is 6. The number of aliphatic hydroxyl groups is 1. The molecule has 0 amide bonds. The second-order valence-corrected chi connectivity index (χ2v) is 6.05. The average Bonchev–Trinajstić information content (AvgIpc) is 2.48. The molecule has 0 spiro atoms. The van der Waals surface area contributed by atoms with Gasteiger partial charge in [-0.1, -0.05) is 26.7 Å². The van der Waals surface area contributed by atoms with Crippen molar-refractivity contribution in [2.24, 2.45) is 5.92 Å². The summed E-state index contributed by atoms with van der Waals surface area (Å²) in [6.07, 6.45) is 6.47. The van der Waals surface area contributed by atoms with Crippen LogP contribution in [0.1, 0.15) is 46.0 Å². The second kappa shape index (κ2) is 6.93. The zero-order valence-electron chi connectivity index (χ0n) is 12.9. The lowest BCUT2D eigenvalue weighted by Crippen LogP contribution is -2.46. The van der Waals surface area contributed by atoms with E-state index in [1.54, 1.807) is 0 Å². The smallest absolute Gasteiger partial charge is 0.242 e. The zero-order valence-corrected chi connectivity index (χ0v) is 12.9. The Morgan fingerprint density at radius 2 is 2.33 bits per heavy atom. The van der Waals surface area contributed by atoms with E-state index in [0.29, 0.717) is 29.9 Å². The molecule has 6 heteroatoms. The highest BCUT2D eigenvalue weighted by Gasteiger charge is 2.35. The summed E-state index contributed by atoms with van der Waals surface area (Å²) in [7, 11) is 0. The zero-order chi connectivity index (χ0) is 15.3. The molecule has 4 N–H and O–H groups in total. The van der Waals surface area contributed by atoms with Crippen LogP contribution < -0.4 is 15.8 Å². The molecule has 1 aliphatic carbocycles. The fraction of sp³-hybridized carbons (Fsp3) is 0.733. The predicted molar refractivity (Wildman–Crippen MR) is 83.3 cm³/mol. The number of nitrogens with zero attached hydrogens (tertiary/aromatic N) is 2. The lowest BCUT2D eigenvalue weighted by Gasteiger charge is -2.40. The standard InChI is InChI=1S/C15H26N4O2/c1-3-7-21-14-12(16)13(17-10-18-14)19-15(9-20)6-4-5-11(2)8-15/h10-11,20H,3-9,16H2,1-2H3,(H,17,18,19). The molecule has 0 bridgehead atoms. The number of rotatable bonds is 6. The van der Waals surface area contributed by atoms with Gasteiger partial charge in [-0.15, -0.1) is 0 Å². The molecule has 1 aromatic heterocycles. The summed E-state index contributed by atoms with van der Waals surface area (Å²) in [5.41, 5.74) is 6.16. The minimum atomic E-state index is -0.345. The van der Waals surface area contributed by atoms with Crippen molar-refractivity contribution in [3.63, 3.8) is 0 Å². The molecule has 1 heterocycles. The average molecular weight is 294 g/mol. The van der Waals surface area contributed by atoms with E-state index in [1.165, 1.54) is 12.7 Å². The van der Waals surface area contributed by atoms with Crippen LogP contribution in [0.2, 0.25) is 0 Å². The maximum atomic E-state index is 9.84. The van der Waals surface area contributed by atoms with Crippen molar-refractivity contribution in [3.8, 4) is 5.88 Å². The Bertz CT molecular complexity index is 469. The largest absolute Gasteiger partial charge is 0.476 e. The van der Waals surface area contributed by atoms with Crippen molar-refractivity contribution in [2.45, 2.75) is 51.5 Å². The van der Waals surface area contributed by atoms with Crippen LogP contribution in [0.3, 0.4) is 0 Å². The molecular formula is C15H26N4O2. The third kappa shape index (κ3) is 3.75. The number of aromatic nitrogens is 2. The maximum absolute atomic E-state index is 9.84. The van der Waals surface area contributed by atoms with E-state index in [2.05, 4.69) is 22.2 Å². The molecule has 2 atom stereocenters. The molecule has 0 aromatic carbocycles. The van der Waals surface area contributed by atoms with Gasteiger partial charge in [-0.05, 0) is 25.2 Å². The molecular weight excluding hydrogens is 268 g/mol. The molecule has 1 aromatic rings. The molecule has 0 aliphatic heterocycles. The SMILES string of the molecule is CCCOc1ncnc(NC2(CO)CCCC(C)C2)c1N. The molecule has 6 nitrogen and oxygen atoms in total. The van der Waals surface area contributed by atoms with Gasteiger partial charge in [0.05, 0.1) is 18.8 Å². The highest BCUT2D eigenvalue weighted by molar-refractivity contribution is 5.67. The monoisotopic (exact) mass is 294 g/mol. The minimum Gasteiger partial charge on any atom is -0.476 e. The molecule has 1 aliphatic rings. The molecule has 0 saturated heterocycles. The van der Waals surface area contributed by atoms with E-state index in [4.69, 9.17) is 10.5 Å².